The van der Waals surface area contributed by atoms with Crippen LogP contribution >= 0.6 is 22.9 Å². The summed E-state index contributed by atoms with van der Waals surface area (Å²) < 4.78 is 0. The van der Waals surface area contributed by atoms with Gasteiger partial charge >= 0.3 is 0 Å². The predicted octanol–water partition coefficient (Wildman–Crippen LogP) is 3.84. The van der Waals surface area contributed by atoms with Crippen molar-refractivity contribution < 1.29 is 0 Å². The largest absolute Gasteiger partial charge is 0.241 e. The summed E-state index contributed by atoms with van der Waals surface area (Å²) in [6.07, 6.45) is 2.16. The first-order valence-electron chi connectivity index (χ1n) is 5.77. The van der Waals surface area contributed by atoms with Gasteiger partial charge in [-0.1, -0.05) is 41.9 Å². The minimum Gasteiger partial charge on any atom is -0.241 e. The highest BCUT2D eigenvalue weighted by atomic mass is 35.5. The van der Waals surface area contributed by atoms with E-state index in [0.29, 0.717) is 11.6 Å². The van der Waals surface area contributed by atoms with Crippen molar-refractivity contribution in [3.05, 3.63) is 64.0 Å². The van der Waals surface area contributed by atoms with Crippen LogP contribution in [0.25, 0.3) is 11.3 Å². The molecule has 3 aromatic rings. The Kier molecular flexibility index (Phi) is 3.53. The smallest absolute Gasteiger partial charge is 0.132 e. The summed E-state index contributed by atoms with van der Waals surface area (Å²) >= 11 is 7.47. The van der Waals surface area contributed by atoms with Crippen LogP contribution in [0.15, 0.2) is 48.1 Å². The maximum absolute atomic E-state index is 5.84. The maximum Gasteiger partial charge on any atom is 0.132 e. The van der Waals surface area contributed by atoms with E-state index in [1.54, 1.807) is 17.4 Å². The molecule has 0 spiro atoms. The lowest BCUT2D eigenvalue weighted by molar-refractivity contribution is 1.01. The molecule has 1 aromatic carbocycles. The van der Waals surface area contributed by atoms with Crippen LogP contribution in [0.2, 0.25) is 5.15 Å². The Labute approximate surface area is 120 Å². The summed E-state index contributed by atoms with van der Waals surface area (Å²) in [5, 5.41) is 3.55. The zero-order valence-corrected chi connectivity index (χ0v) is 11.5. The zero-order valence-electron chi connectivity index (χ0n) is 9.95. The molecular formula is C14H10ClN3S. The predicted molar refractivity (Wildman–Crippen MR) is 77.4 cm³/mol. The Morgan fingerprint density at radius 1 is 1.11 bits per heavy atom. The van der Waals surface area contributed by atoms with Gasteiger partial charge in [0.2, 0.25) is 0 Å². The number of hydrogen-bond acceptors (Lipinski definition) is 4. The van der Waals surface area contributed by atoms with Crippen molar-refractivity contribution >= 4 is 22.9 Å². The van der Waals surface area contributed by atoms with E-state index < -0.39 is 0 Å². The average molecular weight is 288 g/mol. The second-order valence-corrected chi connectivity index (χ2v) is 5.33. The molecule has 0 saturated carbocycles. The average Bonchev–Trinajstić information content (AvgIpc) is 2.88. The second-order valence-electron chi connectivity index (χ2n) is 4.00. The van der Waals surface area contributed by atoms with Crippen molar-refractivity contribution in [3.8, 4) is 11.3 Å². The first-order valence-corrected chi connectivity index (χ1v) is 7.03. The van der Waals surface area contributed by atoms with Crippen LogP contribution in [0.1, 0.15) is 10.7 Å². The number of thiazole rings is 1. The molecule has 0 bridgehead atoms. The van der Waals surface area contributed by atoms with Gasteiger partial charge in [-0.25, -0.2) is 15.0 Å². The molecule has 2 aromatic heterocycles. The van der Waals surface area contributed by atoms with Crippen LogP contribution in [-0.2, 0) is 6.42 Å². The molecule has 0 atom stereocenters. The van der Waals surface area contributed by atoms with Gasteiger partial charge in [-0.3, -0.25) is 0 Å². The highest BCUT2D eigenvalue weighted by Gasteiger charge is 2.06. The fourth-order valence-electron chi connectivity index (χ4n) is 1.76. The molecule has 5 heteroatoms. The third-order valence-corrected chi connectivity index (χ3v) is 3.70. The Balaban J connectivity index is 1.82. The van der Waals surface area contributed by atoms with Crippen molar-refractivity contribution in [3.63, 3.8) is 0 Å². The topological polar surface area (TPSA) is 38.7 Å². The molecule has 0 unspecified atom stereocenters. The molecule has 3 nitrogen and oxygen atoms in total. The summed E-state index contributed by atoms with van der Waals surface area (Å²) in [7, 11) is 0. The molecule has 0 N–H and O–H groups in total. The summed E-state index contributed by atoms with van der Waals surface area (Å²) in [4.78, 5) is 12.7. The van der Waals surface area contributed by atoms with Gasteiger partial charge in [0.25, 0.3) is 0 Å². The van der Waals surface area contributed by atoms with E-state index in [9.17, 15) is 0 Å². The van der Waals surface area contributed by atoms with E-state index >= 15 is 0 Å². The first kappa shape index (κ1) is 12.3. The van der Waals surface area contributed by atoms with Crippen LogP contribution in [0.5, 0.6) is 0 Å². The fourth-order valence-corrected chi connectivity index (χ4v) is 2.74. The second kappa shape index (κ2) is 5.47. The van der Waals surface area contributed by atoms with Crippen LogP contribution in [0.3, 0.4) is 0 Å². The standard InChI is InChI=1S/C14H10ClN3S/c15-13-6-11(16-9-17-13)7-14-18-12(8-19-14)10-4-2-1-3-5-10/h1-6,8-9H,7H2. The number of halogens is 1. The van der Waals surface area contributed by atoms with Crippen molar-refractivity contribution in [1.29, 1.82) is 0 Å². The summed E-state index contributed by atoms with van der Waals surface area (Å²) in [5.74, 6) is 0. The van der Waals surface area contributed by atoms with Crippen LogP contribution in [-0.4, -0.2) is 15.0 Å². The van der Waals surface area contributed by atoms with E-state index in [4.69, 9.17) is 11.6 Å². The maximum atomic E-state index is 5.84. The molecule has 0 radical (unpaired) electrons. The molecule has 0 saturated heterocycles. The summed E-state index contributed by atoms with van der Waals surface area (Å²) in [5.41, 5.74) is 3.01. The highest BCUT2D eigenvalue weighted by molar-refractivity contribution is 7.10. The molecule has 0 fully saturated rings. The van der Waals surface area contributed by atoms with Crippen LogP contribution < -0.4 is 0 Å². The summed E-state index contributed by atoms with van der Waals surface area (Å²) in [6.45, 7) is 0. The lowest BCUT2D eigenvalue weighted by Gasteiger charge is -1.97. The minimum absolute atomic E-state index is 0.463. The lowest BCUT2D eigenvalue weighted by atomic mass is 10.2. The van der Waals surface area contributed by atoms with Gasteiger partial charge in [-0.15, -0.1) is 11.3 Å². The van der Waals surface area contributed by atoms with Gasteiger partial charge in [-0.05, 0) is 6.07 Å². The van der Waals surface area contributed by atoms with E-state index in [1.165, 1.54) is 6.33 Å². The van der Waals surface area contributed by atoms with E-state index in [0.717, 1.165) is 22.0 Å². The minimum atomic E-state index is 0.463. The normalized spacial score (nSPS) is 10.6. The van der Waals surface area contributed by atoms with Gasteiger partial charge in [-0.2, -0.15) is 0 Å². The Morgan fingerprint density at radius 2 is 1.95 bits per heavy atom. The number of hydrogen-bond donors (Lipinski definition) is 0. The van der Waals surface area contributed by atoms with Gasteiger partial charge in [0, 0.05) is 17.4 Å². The van der Waals surface area contributed by atoms with Gasteiger partial charge in [0.05, 0.1) is 16.4 Å². The molecule has 0 aliphatic carbocycles. The molecule has 0 amide bonds. The van der Waals surface area contributed by atoms with Gasteiger partial charge in [0.15, 0.2) is 0 Å². The van der Waals surface area contributed by atoms with E-state index in [-0.39, 0.29) is 0 Å². The fraction of sp³-hybridized carbons (Fsp3) is 0.0714. The number of aromatic nitrogens is 3. The quantitative estimate of drug-likeness (QED) is 0.687. The third-order valence-electron chi connectivity index (χ3n) is 2.64. The van der Waals surface area contributed by atoms with Crippen molar-refractivity contribution in [2.45, 2.75) is 6.42 Å². The van der Waals surface area contributed by atoms with Gasteiger partial charge < -0.3 is 0 Å². The molecule has 94 valence electrons. The van der Waals surface area contributed by atoms with E-state index in [2.05, 4.69) is 32.5 Å². The van der Waals surface area contributed by atoms with Gasteiger partial charge in [0.1, 0.15) is 11.5 Å². The molecule has 3 rings (SSSR count). The first-order chi connectivity index (χ1) is 9.31. The molecule has 0 aliphatic rings. The van der Waals surface area contributed by atoms with Crippen LogP contribution in [0.4, 0.5) is 0 Å². The van der Waals surface area contributed by atoms with Crippen molar-refractivity contribution in [2.24, 2.45) is 0 Å². The van der Waals surface area contributed by atoms with Crippen LogP contribution in [0, 0.1) is 0 Å². The summed E-state index contributed by atoms with van der Waals surface area (Å²) in [6, 6.07) is 11.9. The molecule has 0 aliphatic heterocycles. The van der Waals surface area contributed by atoms with E-state index in [1.807, 2.05) is 18.2 Å². The number of nitrogens with zero attached hydrogens (tertiary/aromatic N) is 3. The van der Waals surface area contributed by atoms with Crippen molar-refractivity contribution in [1.82, 2.24) is 15.0 Å². The molecular weight excluding hydrogens is 278 g/mol. The monoisotopic (exact) mass is 287 g/mol. The van der Waals surface area contributed by atoms with Crippen molar-refractivity contribution in [2.75, 3.05) is 0 Å². The Bertz CT molecular complexity index is 682. The molecule has 2 heterocycles. The number of benzene rings is 1. The third kappa shape index (κ3) is 2.97. The Hall–Kier alpha value is -1.78. The Morgan fingerprint density at radius 3 is 2.74 bits per heavy atom. The highest BCUT2D eigenvalue weighted by Crippen LogP contribution is 2.23. The SMILES string of the molecule is Clc1cc(Cc2nc(-c3ccccc3)cs2)ncn1. The zero-order chi connectivity index (χ0) is 13.1. The lowest BCUT2D eigenvalue weighted by Crippen LogP contribution is -1.92. The number of rotatable bonds is 3. The molecule has 19 heavy (non-hydrogen) atoms.